The number of benzene rings is 1. The van der Waals surface area contributed by atoms with Crippen molar-refractivity contribution in [1.29, 1.82) is 0 Å². The fraction of sp³-hybridized carbons (Fsp3) is 0.267. The fourth-order valence-corrected chi connectivity index (χ4v) is 2.49. The first-order chi connectivity index (χ1) is 11.5. The molecule has 0 saturated carbocycles. The standard InChI is InChI=1S/C15H13ClN4O4/c16-13-5-17-6-14(18-13)24-9-10-7-19(8-10)15(21)11-1-3-12(4-2-11)20(22)23/h1-6,10H,7-9H2. The molecule has 0 spiro atoms. The van der Waals surface area contributed by atoms with E-state index in [2.05, 4.69) is 9.97 Å². The molecule has 124 valence electrons. The minimum atomic E-state index is -0.496. The van der Waals surface area contributed by atoms with Crippen LogP contribution < -0.4 is 4.74 Å². The summed E-state index contributed by atoms with van der Waals surface area (Å²) in [5.74, 6) is 0.402. The molecule has 0 bridgehead atoms. The van der Waals surface area contributed by atoms with Gasteiger partial charge in [-0.15, -0.1) is 0 Å². The summed E-state index contributed by atoms with van der Waals surface area (Å²) < 4.78 is 5.50. The third-order valence-electron chi connectivity index (χ3n) is 3.62. The van der Waals surface area contributed by atoms with Crippen molar-refractivity contribution in [2.75, 3.05) is 19.7 Å². The molecule has 1 aromatic heterocycles. The van der Waals surface area contributed by atoms with E-state index >= 15 is 0 Å². The average Bonchev–Trinajstić information content (AvgIpc) is 2.53. The summed E-state index contributed by atoms with van der Waals surface area (Å²) in [7, 11) is 0. The van der Waals surface area contributed by atoms with Gasteiger partial charge >= 0.3 is 0 Å². The molecule has 1 amide bonds. The van der Waals surface area contributed by atoms with E-state index < -0.39 is 4.92 Å². The van der Waals surface area contributed by atoms with Crippen molar-refractivity contribution < 1.29 is 14.5 Å². The number of rotatable bonds is 5. The Morgan fingerprint density at radius 1 is 1.33 bits per heavy atom. The van der Waals surface area contributed by atoms with Gasteiger partial charge in [0, 0.05) is 36.7 Å². The third kappa shape index (κ3) is 3.60. The number of halogens is 1. The highest BCUT2D eigenvalue weighted by atomic mass is 35.5. The summed E-state index contributed by atoms with van der Waals surface area (Å²) in [4.78, 5) is 31.9. The van der Waals surface area contributed by atoms with Crippen LogP contribution in [0.3, 0.4) is 0 Å². The summed E-state index contributed by atoms with van der Waals surface area (Å²) >= 11 is 5.72. The van der Waals surface area contributed by atoms with Crippen LogP contribution in [0.4, 0.5) is 5.69 Å². The van der Waals surface area contributed by atoms with Crippen LogP contribution in [-0.2, 0) is 0 Å². The van der Waals surface area contributed by atoms with E-state index in [0.717, 1.165) is 0 Å². The Balaban J connectivity index is 1.49. The Morgan fingerprint density at radius 3 is 2.67 bits per heavy atom. The number of carbonyl (C=O) groups excluding carboxylic acids is 1. The van der Waals surface area contributed by atoms with Crippen LogP contribution >= 0.6 is 11.6 Å². The minimum Gasteiger partial charge on any atom is -0.476 e. The van der Waals surface area contributed by atoms with Crippen LogP contribution in [0, 0.1) is 16.0 Å². The van der Waals surface area contributed by atoms with Gasteiger partial charge in [-0.05, 0) is 12.1 Å². The molecule has 0 radical (unpaired) electrons. The maximum Gasteiger partial charge on any atom is 0.269 e. The molecule has 24 heavy (non-hydrogen) atoms. The molecule has 0 unspecified atom stereocenters. The number of amides is 1. The molecular formula is C15H13ClN4O4. The van der Waals surface area contributed by atoms with E-state index in [1.165, 1.54) is 36.7 Å². The number of non-ortho nitro benzene ring substituents is 1. The summed E-state index contributed by atoms with van der Waals surface area (Å²) in [6.45, 7) is 1.53. The Kier molecular flexibility index (Phi) is 4.57. The number of aromatic nitrogens is 2. The van der Waals surface area contributed by atoms with Gasteiger partial charge in [-0.25, -0.2) is 0 Å². The fourth-order valence-electron chi connectivity index (χ4n) is 2.35. The zero-order valence-electron chi connectivity index (χ0n) is 12.5. The molecular weight excluding hydrogens is 336 g/mol. The second kappa shape index (κ2) is 6.79. The van der Waals surface area contributed by atoms with Crippen molar-refractivity contribution in [1.82, 2.24) is 14.9 Å². The normalized spacial score (nSPS) is 14.1. The van der Waals surface area contributed by atoms with E-state index in [4.69, 9.17) is 16.3 Å². The first kappa shape index (κ1) is 16.1. The van der Waals surface area contributed by atoms with Crippen LogP contribution in [0.5, 0.6) is 5.88 Å². The van der Waals surface area contributed by atoms with Gasteiger partial charge in [0.15, 0.2) is 5.15 Å². The molecule has 0 atom stereocenters. The average molecular weight is 349 g/mol. The van der Waals surface area contributed by atoms with Crippen LogP contribution in [0.15, 0.2) is 36.7 Å². The SMILES string of the molecule is O=C(c1ccc([N+](=O)[O-])cc1)N1CC(COc2cncc(Cl)n2)C1. The predicted octanol–water partition coefficient (Wildman–Crippen LogP) is 2.19. The zero-order valence-corrected chi connectivity index (χ0v) is 13.2. The number of hydrogen-bond donors (Lipinski definition) is 0. The lowest BCUT2D eigenvalue weighted by Gasteiger charge is -2.38. The molecule has 1 aliphatic rings. The lowest BCUT2D eigenvalue weighted by molar-refractivity contribution is -0.384. The smallest absolute Gasteiger partial charge is 0.269 e. The maximum absolute atomic E-state index is 12.2. The molecule has 8 nitrogen and oxygen atoms in total. The molecule has 0 N–H and O–H groups in total. The maximum atomic E-state index is 12.2. The molecule has 1 fully saturated rings. The zero-order chi connectivity index (χ0) is 17.1. The van der Waals surface area contributed by atoms with Crippen molar-refractivity contribution in [3.05, 3.63) is 57.5 Å². The summed E-state index contributed by atoms with van der Waals surface area (Å²) in [6.07, 6.45) is 2.90. The molecule has 3 rings (SSSR count). The monoisotopic (exact) mass is 348 g/mol. The molecule has 1 saturated heterocycles. The molecule has 1 aliphatic heterocycles. The van der Waals surface area contributed by atoms with Gasteiger partial charge in [0.05, 0.1) is 23.9 Å². The number of hydrogen-bond acceptors (Lipinski definition) is 6. The quantitative estimate of drug-likeness (QED) is 0.606. The van der Waals surface area contributed by atoms with Crippen molar-refractivity contribution in [3.63, 3.8) is 0 Å². The van der Waals surface area contributed by atoms with Gasteiger partial charge in [0.1, 0.15) is 0 Å². The highest BCUT2D eigenvalue weighted by Gasteiger charge is 2.31. The van der Waals surface area contributed by atoms with Gasteiger partial charge in [-0.3, -0.25) is 19.9 Å². The summed E-state index contributed by atoms with van der Waals surface area (Å²) in [5.41, 5.74) is 0.393. The Morgan fingerprint density at radius 2 is 2.04 bits per heavy atom. The van der Waals surface area contributed by atoms with E-state index in [0.29, 0.717) is 31.1 Å². The van der Waals surface area contributed by atoms with E-state index in [1.54, 1.807) is 4.90 Å². The van der Waals surface area contributed by atoms with Crippen LogP contribution in [0.1, 0.15) is 10.4 Å². The summed E-state index contributed by atoms with van der Waals surface area (Å²) in [6, 6.07) is 5.58. The first-order valence-corrected chi connectivity index (χ1v) is 7.55. The number of nitro groups is 1. The highest BCUT2D eigenvalue weighted by molar-refractivity contribution is 6.29. The Hall–Kier alpha value is -2.74. The van der Waals surface area contributed by atoms with E-state index in [1.807, 2.05) is 0 Å². The number of carbonyl (C=O) groups is 1. The van der Waals surface area contributed by atoms with Crippen LogP contribution in [0.2, 0.25) is 5.15 Å². The number of likely N-dealkylation sites (tertiary alicyclic amines) is 1. The molecule has 9 heteroatoms. The number of nitro benzene ring substituents is 1. The van der Waals surface area contributed by atoms with Crippen molar-refractivity contribution in [2.45, 2.75) is 0 Å². The topological polar surface area (TPSA) is 98.5 Å². The predicted molar refractivity (Wildman–Crippen MR) is 85.0 cm³/mol. The van der Waals surface area contributed by atoms with Gasteiger partial charge in [0.25, 0.3) is 11.6 Å². The largest absolute Gasteiger partial charge is 0.476 e. The van der Waals surface area contributed by atoms with Gasteiger partial charge in [0.2, 0.25) is 5.88 Å². The van der Waals surface area contributed by atoms with Gasteiger partial charge < -0.3 is 9.64 Å². The Bertz CT molecular complexity index is 762. The third-order valence-corrected chi connectivity index (χ3v) is 3.80. The second-order valence-electron chi connectivity index (χ2n) is 5.37. The Labute approximate surface area is 142 Å². The lowest BCUT2D eigenvalue weighted by Crippen LogP contribution is -2.52. The van der Waals surface area contributed by atoms with E-state index in [9.17, 15) is 14.9 Å². The van der Waals surface area contributed by atoms with E-state index in [-0.39, 0.29) is 22.7 Å². The van der Waals surface area contributed by atoms with Gasteiger partial charge in [-0.2, -0.15) is 4.98 Å². The molecule has 2 heterocycles. The molecule has 2 aromatic rings. The number of ether oxygens (including phenoxy) is 1. The molecule has 1 aromatic carbocycles. The van der Waals surface area contributed by atoms with Crippen LogP contribution in [-0.4, -0.2) is 45.4 Å². The second-order valence-corrected chi connectivity index (χ2v) is 5.76. The van der Waals surface area contributed by atoms with Gasteiger partial charge in [-0.1, -0.05) is 11.6 Å². The van der Waals surface area contributed by atoms with Crippen molar-refractivity contribution in [2.24, 2.45) is 5.92 Å². The summed E-state index contributed by atoms with van der Waals surface area (Å²) in [5, 5.41) is 10.9. The van der Waals surface area contributed by atoms with Crippen molar-refractivity contribution in [3.8, 4) is 5.88 Å². The van der Waals surface area contributed by atoms with Crippen LogP contribution in [0.25, 0.3) is 0 Å². The molecule has 0 aliphatic carbocycles. The highest BCUT2D eigenvalue weighted by Crippen LogP contribution is 2.21. The lowest BCUT2D eigenvalue weighted by atomic mass is 10.00. The minimum absolute atomic E-state index is 0.0379. The number of nitrogens with zero attached hydrogens (tertiary/aromatic N) is 4. The van der Waals surface area contributed by atoms with Crippen molar-refractivity contribution >= 4 is 23.2 Å². The first-order valence-electron chi connectivity index (χ1n) is 7.17.